The Morgan fingerprint density at radius 2 is 2.14 bits per heavy atom. The number of methoxy groups -OCH3 is 1. The Morgan fingerprint density at radius 3 is 2.64 bits per heavy atom. The van der Waals surface area contributed by atoms with Crippen molar-refractivity contribution in [3.05, 3.63) is 33.8 Å². The molecule has 74 valence electrons. The van der Waals surface area contributed by atoms with Crippen LogP contribution in [0.5, 0.6) is 0 Å². The molecule has 0 amide bonds. The van der Waals surface area contributed by atoms with Gasteiger partial charge in [0.15, 0.2) is 6.29 Å². The Kier molecular flexibility index (Phi) is 3.25. The molecule has 0 radical (unpaired) electrons. The van der Waals surface area contributed by atoms with Crippen molar-refractivity contribution in [1.82, 2.24) is 0 Å². The summed E-state index contributed by atoms with van der Waals surface area (Å²) < 4.78 is 4.56. The van der Waals surface area contributed by atoms with Crippen LogP contribution >= 0.6 is 11.6 Å². The molecule has 0 N–H and O–H groups in total. The Morgan fingerprint density at radius 1 is 1.50 bits per heavy atom. The van der Waals surface area contributed by atoms with Gasteiger partial charge in [-0.3, -0.25) is 4.79 Å². The van der Waals surface area contributed by atoms with E-state index in [4.69, 9.17) is 11.6 Å². The van der Waals surface area contributed by atoms with Crippen LogP contribution in [-0.4, -0.2) is 19.4 Å². The van der Waals surface area contributed by atoms with Gasteiger partial charge in [0.1, 0.15) is 0 Å². The highest BCUT2D eigenvalue weighted by Gasteiger charge is 2.15. The number of rotatable bonds is 2. The first-order valence-corrected chi connectivity index (χ1v) is 4.31. The Hall–Kier alpha value is -1.35. The number of carbonyl (C=O) groups is 2. The zero-order valence-corrected chi connectivity index (χ0v) is 8.59. The van der Waals surface area contributed by atoms with Gasteiger partial charge in [-0.05, 0) is 24.6 Å². The molecule has 1 rings (SSSR count). The molecule has 0 aliphatic rings. The van der Waals surface area contributed by atoms with E-state index in [2.05, 4.69) is 4.74 Å². The Labute approximate surface area is 86.6 Å². The molecule has 0 aromatic heterocycles. The topological polar surface area (TPSA) is 43.4 Å². The van der Waals surface area contributed by atoms with Crippen LogP contribution in [0.2, 0.25) is 5.02 Å². The quantitative estimate of drug-likeness (QED) is 0.558. The largest absolute Gasteiger partial charge is 0.465 e. The van der Waals surface area contributed by atoms with Crippen LogP contribution in [0.15, 0.2) is 12.1 Å². The molecule has 4 heteroatoms. The van der Waals surface area contributed by atoms with Crippen LogP contribution in [0.4, 0.5) is 0 Å². The molecule has 0 aliphatic carbocycles. The highest BCUT2D eigenvalue weighted by Crippen LogP contribution is 2.20. The van der Waals surface area contributed by atoms with Crippen molar-refractivity contribution in [2.75, 3.05) is 7.11 Å². The first kappa shape index (κ1) is 10.7. The smallest absolute Gasteiger partial charge is 0.338 e. The first-order chi connectivity index (χ1) is 6.60. The fraction of sp³-hybridized carbons (Fsp3) is 0.200. The molecule has 14 heavy (non-hydrogen) atoms. The molecule has 0 spiro atoms. The van der Waals surface area contributed by atoms with Gasteiger partial charge in [-0.15, -0.1) is 0 Å². The molecule has 0 bridgehead atoms. The summed E-state index contributed by atoms with van der Waals surface area (Å²) in [6.07, 6.45) is 0.588. The third-order valence-corrected chi connectivity index (χ3v) is 2.07. The highest BCUT2D eigenvalue weighted by atomic mass is 35.5. The number of carbonyl (C=O) groups excluding carboxylic acids is 2. The van der Waals surface area contributed by atoms with E-state index in [-0.39, 0.29) is 11.1 Å². The lowest BCUT2D eigenvalue weighted by Crippen LogP contribution is -2.07. The average molecular weight is 213 g/mol. The molecule has 0 heterocycles. The Bertz CT molecular complexity index is 385. The van der Waals surface area contributed by atoms with Gasteiger partial charge < -0.3 is 4.74 Å². The van der Waals surface area contributed by atoms with Gasteiger partial charge in [-0.2, -0.15) is 0 Å². The zero-order chi connectivity index (χ0) is 10.7. The van der Waals surface area contributed by atoms with Crippen molar-refractivity contribution < 1.29 is 14.3 Å². The van der Waals surface area contributed by atoms with E-state index in [1.165, 1.54) is 13.2 Å². The summed E-state index contributed by atoms with van der Waals surface area (Å²) in [6.45, 7) is 1.70. The van der Waals surface area contributed by atoms with Crippen molar-refractivity contribution in [3.8, 4) is 0 Å². The first-order valence-electron chi connectivity index (χ1n) is 3.93. The van der Waals surface area contributed by atoms with E-state index in [0.29, 0.717) is 16.9 Å². The van der Waals surface area contributed by atoms with Crippen molar-refractivity contribution in [2.45, 2.75) is 6.92 Å². The second-order valence-corrected chi connectivity index (χ2v) is 3.23. The van der Waals surface area contributed by atoms with Gasteiger partial charge >= 0.3 is 5.97 Å². The van der Waals surface area contributed by atoms with Crippen LogP contribution in [0.3, 0.4) is 0 Å². The van der Waals surface area contributed by atoms with Crippen molar-refractivity contribution in [3.63, 3.8) is 0 Å². The van der Waals surface area contributed by atoms with Crippen molar-refractivity contribution in [2.24, 2.45) is 0 Å². The van der Waals surface area contributed by atoms with Crippen molar-refractivity contribution in [1.29, 1.82) is 0 Å². The van der Waals surface area contributed by atoms with Gasteiger partial charge in [0.2, 0.25) is 0 Å². The minimum atomic E-state index is -0.527. The van der Waals surface area contributed by atoms with Gasteiger partial charge in [-0.25, -0.2) is 4.79 Å². The number of hydrogen-bond acceptors (Lipinski definition) is 3. The summed E-state index contributed by atoms with van der Waals surface area (Å²) in [5.41, 5.74) is 1.15. The second kappa shape index (κ2) is 4.24. The van der Waals surface area contributed by atoms with Crippen LogP contribution in [0.1, 0.15) is 26.3 Å². The molecule has 1 aromatic carbocycles. The van der Waals surface area contributed by atoms with Crippen LogP contribution in [0.25, 0.3) is 0 Å². The summed E-state index contributed by atoms with van der Waals surface area (Å²) in [4.78, 5) is 22.0. The number of benzene rings is 1. The Balaban J connectivity index is 3.39. The zero-order valence-electron chi connectivity index (χ0n) is 7.83. The number of ether oxygens (including phenoxy) is 1. The normalized spacial score (nSPS) is 9.64. The molecule has 0 unspecified atom stereocenters. The van der Waals surface area contributed by atoms with E-state index >= 15 is 0 Å². The molecule has 0 aliphatic heterocycles. The molecule has 0 saturated heterocycles. The van der Waals surface area contributed by atoms with E-state index in [9.17, 15) is 9.59 Å². The summed E-state index contributed by atoms with van der Waals surface area (Å²) in [5.74, 6) is -0.527. The number of aryl methyl sites for hydroxylation is 1. The number of aldehydes is 1. The number of halogens is 1. The fourth-order valence-electron chi connectivity index (χ4n) is 1.24. The maximum atomic E-state index is 11.3. The lowest BCUT2D eigenvalue weighted by Gasteiger charge is -2.06. The highest BCUT2D eigenvalue weighted by molar-refractivity contribution is 6.31. The SMILES string of the molecule is COC(=O)c1c(C)cc(Cl)cc1C=O. The predicted molar refractivity (Wildman–Crippen MR) is 52.9 cm³/mol. The minimum absolute atomic E-state index is 0.252. The van der Waals surface area contributed by atoms with Crippen LogP contribution in [-0.2, 0) is 4.74 Å². The summed E-state index contributed by atoms with van der Waals surface area (Å²) >= 11 is 5.74. The lowest BCUT2D eigenvalue weighted by atomic mass is 10.0. The van der Waals surface area contributed by atoms with Gasteiger partial charge in [0.25, 0.3) is 0 Å². The average Bonchev–Trinajstić information content (AvgIpc) is 2.15. The lowest BCUT2D eigenvalue weighted by molar-refractivity contribution is 0.0597. The van der Waals surface area contributed by atoms with E-state index in [1.807, 2.05) is 0 Å². The number of esters is 1. The molecule has 0 atom stereocenters. The fourth-order valence-corrected chi connectivity index (χ4v) is 1.52. The maximum absolute atomic E-state index is 11.3. The van der Waals surface area contributed by atoms with Crippen molar-refractivity contribution >= 4 is 23.9 Å². The standard InChI is InChI=1S/C10H9ClO3/c1-6-3-8(11)4-7(5-12)9(6)10(13)14-2/h3-5H,1-2H3. The third kappa shape index (κ3) is 1.93. The summed E-state index contributed by atoms with van der Waals surface area (Å²) in [6, 6.07) is 3.05. The predicted octanol–water partition coefficient (Wildman–Crippen LogP) is 2.25. The van der Waals surface area contributed by atoms with Gasteiger partial charge in [-0.1, -0.05) is 11.6 Å². The summed E-state index contributed by atoms with van der Waals surface area (Å²) in [7, 11) is 1.27. The molecular formula is C10H9ClO3. The monoisotopic (exact) mass is 212 g/mol. The van der Waals surface area contributed by atoms with Crippen LogP contribution < -0.4 is 0 Å². The van der Waals surface area contributed by atoms with Gasteiger partial charge in [0.05, 0.1) is 12.7 Å². The molecule has 0 fully saturated rings. The van der Waals surface area contributed by atoms with Crippen LogP contribution in [0, 0.1) is 6.92 Å². The second-order valence-electron chi connectivity index (χ2n) is 2.80. The molecule has 0 saturated carbocycles. The third-order valence-electron chi connectivity index (χ3n) is 1.85. The minimum Gasteiger partial charge on any atom is -0.465 e. The van der Waals surface area contributed by atoms with Gasteiger partial charge in [0, 0.05) is 10.6 Å². The molecule has 3 nitrogen and oxygen atoms in total. The number of hydrogen-bond donors (Lipinski definition) is 0. The van der Waals surface area contributed by atoms with E-state index in [1.54, 1.807) is 13.0 Å². The molecular weight excluding hydrogens is 204 g/mol. The molecule has 1 aromatic rings. The maximum Gasteiger partial charge on any atom is 0.338 e. The van der Waals surface area contributed by atoms with E-state index in [0.717, 1.165) is 0 Å². The summed E-state index contributed by atoms with van der Waals surface area (Å²) in [5, 5.41) is 0.428. The van der Waals surface area contributed by atoms with E-state index < -0.39 is 5.97 Å².